The number of benzene rings is 1. The van der Waals surface area contributed by atoms with Crippen LogP contribution >= 0.6 is 22.7 Å². The van der Waals surface area contributed by atoms with Crippen molar-refractivity contribution in [3.8, 4) is 5.75 Å². The van der Waals surface area contributed by atoms with Crippen LogP contribution in [0.3, 0.4) is 0 Å². The molecule has 28 heavy (non-hydrogen) atoms. The standard InChI is InChI=1S/C20H17N3O3S2/c1-12-21-16-8-14(2-3-19(16)28-12)25-11-15-9-17(22-26-15)20(24)23-6-4-18-13(10-23)5-7-27-18/h2-3,5,7-9H,4,6,10-11H2,1H3. The van der Waals surface area contributed by atoms with E-state index in [-0.39, 0.29) is 12.5 Å². The summed E-state index contributed by atoms with van der Waals surface area (Å²) in [6.07, 6.45) is 0.894. The van der Waals surface area contributed by atoms with Crippen molar-refractivity contribution in [2.45, 2.75) is 26.5 Å². The molecule has 1 aliphatic heterocycles. The molecule has 0 aliphatic carbocycles. The molecule has 0 saturated heterocycles. The summed E-state index contributed by atoms with van der Waals surface area (Å²) in [4.78, 5) is 20.4. The summed E-state index contributed by atoms with van der Waals surface area (Å²) in [6, 6.07) is 9.57. The van der Waals surface area contributed by atoms with Gasteiger partial charge < -0.3 is 14.2 Å². The summed E-state index contributed by atoms with van der Waals surface area (Å²) < 4.78 is 12.2. The summed E-state index contributed by atoms with van der Waals surface area (Å²) in [5, 5.41) is 7.05. The first kappa shape index (κ1) is 17.4. The molecule has 0 unspecified atom stereocenters. The van der Waals surface area contributed by atoms with Crippen molar-refractivity contribution in [3.63, 3.8) is 0 Å². The van der Waals surface area contributed by atoms with Gasteiger partial charge in [0.25, 0.3) is 5.91 Å². The minimum Gasteiger partial charge on any atom is -0.485 e. The molecule has 3 aromatic heterocycles. The molecule has 1 aromatic carbocycles. The van der Waals surface area contributed by atoms with E-state index in [4.69, 9.17) is 9.26 Å². The molecule has 8 heteroatoms. The van der Waals surface area contributed by atoms with E-state index in [9.17, 15) is 4.79 Å². The molecule has 4 heterocycles. The third kappa shape index (κ3) is 3.29. The molecule has 4 aromatic rings. The van der Waals surface area contributed by atoms with Crippen LogP contribution in [0.1, 0.15) is 31.7 Å². The largest absolute Gasteiger partial charge is 0.485 e. The molecule has 142 valence electrons. The number of hydrogen-bond acceptors (Lipinski definition) is 7. The van der Waals surface area contributed by atoms with Crippen LogP contribution < -0.4 is 4.74 Å². The predicted octanol–water partition coefficient (Wildman–Crippen LogP) is 4.43. The van der Waals surface area contributed by atoms with Gasteiger partial charge in [0, 0.05) is 30.1 Å². The summed E-state index contributed by atoms with van der Waals surface area (Å²) in [6.45, 7) is 3.53. The van der Waals surface area contributed by atoms with Crippen LogP contribution in [0, 0.1) is 6.92 Å². The third-order valence-corrected chi connectivity index (χ3v) is 6.69. The van der Waals surface area contributed by atoms with E-state index in [0.717, 1.165) is 21.6 Å². The van der Waals surface area contributed by atoms with E-state index in [0.29, 0.717) is 30.3 Å². The maximum Gasteiger partial charge on any atom is 0.276 e. The topological polar surface area (TPSA) is 68.5 Å². The number of hydrogen-bond donors (Lipinski definition) is 0. The van der Waals surface area contributed by atoms with Crippen molar-refractivity contribution in [2.75, 3.05) is 6.54 Å². The van der Waals surface area contributed by atoms with Crippen molar-refractivity contribution in [1.82, 2.24) is 15.0 Å². The van der Waals surface area contributed by atoms with Crippen LogP contribution in [0.25, 0.3) is 10.2 Å². The Morgan fingerprint density at radius 1 is 1.32 bits per heavy atom. The van der Waals surface area contributed by atoms with Gasteiger partial charge in [-0.05, 0) is 42.5 Å². The van der Waals surface area contributed by atoms with Gasteiger partial charge in [0.2, 0.25) is 0 Å². The first-order chi connectivity index (χ1) is 13.7. The number of rotatable bonds is 4. The molecule has 0 spiro atoms. The second-order valence-corrected chi connectivity index (χ2v) is 8.91. The molecule has 0 bridgehead atoms. The Balaban J connectivity index is 1.25. The second kappa shape index (κ2) is 7.03. The summed E-state index contributed by atoms with van der Waals surface area (Å²) in [5.74, 6) is 1.13. The van der Waals surface area contributed by atoms with E-state index in [1.807, 2.05) is 30.0 Å². The fourth-order valence-electron chi connectivity index (χ4n) is 3.33. The lowest BCUT2D eigenvalue weighted by atomic mass is 10.1. The molecule has 0 fully saturated rings. The highest BCUT2D eigenvalue weighted by atomic mass is 32.1. The summed E-state index contributed by atoms with van der Waals surface area (Å²) in [7, 11) is 0. The number of thiophene rings is 1. The van der Waals surface area contributed by atoms with Crippen molar-refractivity contribution in [3.05, 3.63) is 62.6 Å². The highest BCUT2D eigenvalue weighted by Gasteiger charge is 2.25. The molecule has 0 N–H and O–H groups in total. The van der Waals surface area contributed by atoms with Crippen molar-refractivity contribution in [1.29, 1.82) is 0 Å². The predicted molar refractivity (Wildman–Crippen MR) is 108 cm³/mol. The average molecular weight is 412 g/mol. The molecule has 6 nitrogen and oxygen atoms in total. The van der Waals surface area contributed by atoms with Gasteiger partial charge in [-0.1, -0.05) is 5.16 Å². The van der Waals surface area contributed by atoms with Gasteiger partial charge in [-0.25, -0.2) is 4.98 Å². The fraction of sp³-hybridized carbons (Fsp3) is 0.250. The summed E-state index contributed by atoms with van der Waals surface area (Å²) >= 11 is 3.41. The highest BCUT2D eigenvalue weighted by molar-refractivity contribution is 7.18. The van der Waals surface area contributed by atoms with Gasteiger partial charge in [-0.3, -0.25) is 4.79 Å². The minimum atomic E-state index is -0.105. The first-order valence-corrected chi connectivity index (χ1v) is 10.7. The Morgan fingerprint density at radius 2 is 2.25 bits per heavy atom. The molecule has 1 aliphatic rings. The third-order valence-electron chi connectivity index (χ3n) is 4.72. The number of amides is 1. The number of aromatic nitrogens is 2. The number of carbonyl (C=O) groups excluding carboxylic acids is 1. The van der Waals surface area contributed by atoms with Crippen LogP contribution in [0.5, 0.6) is 5.75 Å². The maximum absolute atomic E-state index is 12.7. The molecule has 5 rings (SSSR count). The smallest absolute Gasteiger partial charge is 0.276 e. The zero-order chi connectivity index (χ0) is 19.1. The van der Waals surface area contributed by atoms with Crippen LogP contribution in [-0.4, -0.2) is 27.5 Å². The van der Waals surface area contributed by atoms with Gasteiger partial charge in [0.05, 0.1) is 15.2 Å². The lowest BCUT2D eigenvalue weighted by molar-refractivity contribution is 0.0725. The van der Waals surface area contributed by atoms with Crippen molar-refractivity contribution >= 4 is 38.8 Å². The molecular weight excluding hydrogens is 394 g/mol. The lowest BCUT2D eigenvalue weighted by Gasteiger charge is -2.26. The Labute approximate surface area is 169 Å². The van der Waals surface area contributed by atoms with Crippen LogP contribution in [0.15, 0.2) is 40.2 Å². The van der Waals surface area contributed by atoms with E-state index >= 15 is 0 Å². The van der Waals surface area contributed by atoms with Gasteiger partial charge in [-0.2, -0.15) is 0 Å². The van der Waals surface area contributed by atoms with Crippen molar-refractivity contribution < 1.29 is 14.1 Å². The van der Waals surface area contributed by atoms with Crippen LogP contribution in [-0.2, 0) is 19.6 Å². The Kier molecular flexibility index (Phi) is 4.37. The number of aryl methyl sites for hydroxylation is 1. The lowest BCUT2D eigenvalue weighted by Crippen LogP contribution is -2.35. The normalized spacial score (nSPS) is 13.7. The molecule has 1 amide bonds. The SMILES string of the molecule is Cc1nc2cc(OCc3cc(C(=O)N4CCc5sccc5C4)no3)ccc2s1. The fourth-order valence-corrected chi connectivity index (χ4v) is 5.03. The van der Waals surface area contributed by atoms with E-state index in [2.05, 4.69) is 21.6 Å². The average Bonchev–Trinajstić information content (AvgIpc) is 3.43. The van der Waals surface area contributed by atoms with Gasteiger partial charge in [-0.15, -0.1) is 22.7 Å². The van der Waals surface area contributed by atoms with Crippen LogP contribution in [0.2, 0.25) is 0 Å². The zero-order valence-corrected chi connectivity index (χ0v) is 16.8. The number of ether oxygens (including phenoxy) is 1. The van der Waals surface area contributed by atoms with E-state index in [1.54, 1.807) is 28.7 Å². The van der Waals surface area contributed by atoms with Gasteiger partial charge >= 0.3 is 0 Å². The molecular formula is C20H17N3O3S2. The number of nitrogens with zero attached hydrogens (tertiary/aromatic N) is 3. The van der Waals surface area contributed by atoms with Gasteiger partial charge in [0.15, 0.2) is 11.5 Å². The first-order valence-electron chi connectivity index (χ1n) is 8.96. The highest BCUT2D eigenvalue weighted by Crippen LogP contribution is 2.27. The molecule has 0 saturated carbocycles. The Morgan fingerprint density at radius 3 is 3.18 bits per heavy atom. The zero-order valence-electron chi connectivity index (χ0n) is 15.2. The number of thiazole rings is 1. The number of fused-ring (bicyclic) bond motifs is 2. The summed E-state index contributed by atoms with van der Waals surface area (Å²) in [5.41, 5.74) is 2.47. The van der Waals surface area contributed by atoms with Crippen LogP contribution in [0.4, 0.5) is 0 Å². The Bertz CT molecular complexity index is 1160. The van der Waals surface area contributed by atoms with Gasteiger partial charge in [0.1, 0.15) is 12.4 Å². The van der Waals surface area contributed by atoms with Crippen molar-refractivity contribution in [2.24, 2.45) is 0 Å². The maximum atomic E-state index is 12.7. The Hall–Kier alpha value is -2.71. The van der Waals surface area contributed by atoms with E-state index < -0.39 is 0 Å². The second-order valence-electron chi connectivity index (χ2n) is 6.68. The molecule has 0 atom stereocenters. The monoisotopic (exact) mass is 411 g/mol. The number of carbonyl (C=O) groups is 1. The molecule has 0 radical (unpaired) electrons. The quantitative estimate of drug-likeness (QED) is 0.497. The van der Waals surface area contributed by atoms with E-state index in [1.165, 1.54) is 10.4 Å². The minimum absolute atomic E-state index is 0.105.